The summed E-state index contributed by atoms with van der Waals surface area (Å²) >= 11 is 0. The molecular formula is C9H9NO. The van der Waals surface area contributed by atoms with Crippen LogP contribution in [0, 0.1) is 11.3 Å². The summed E-state index contributed by atoms with van der Waals surface area (Å²) < 4.78 is 4.92. The van der Waals surface area contributed by atoms with Crippen molar-refractivity contribution in [1.82, 2.24) is 0 Å². The Bertz CT molecular complexity index is 250. The van der Waals surface area contributed by atoms with Gasteiger partial charge in [-0.15, -0.1) is 0 Å². The SMILES string of the molecule is CO[C@H](C#N)c1ccccc1. The number of ether oxygens (including phenoxy) is 1. The van der Waals surface area contributed by atoms with E-state index in [0.29, 0.717) is 0 Å². The van der Waals surface area contributed by atoms with E-state index in [9.17, 15) is 0 Å². The molecule has 2 heteroatoms. The minimum atomic E-state index is -0.434. The largest absolute Gasteiger partial charge is 0.362 e. The molecule has 0 amide bonds. The molecule has 0 bridgehead atoms. The van der Waals surface area contributed by atoms with Crippen LogP contribution in [0.1, 0.15) is 11.7 Å². The summed E-state index contributed by atoms with van der Waals surface area (Å²) in [5, 5.41) is 8.60. The molecule has 0 aliphatic carbocycles. The Kier molecular flexibility index (Phi) is 2.65. The zero-order valence-corrected chi connectivity index (χ0v) is 6.32. The molecule has 0 unspecified atom stereocenters. The standard InChI is InChI=1S/C9H9NO/c1-11-9(7-10)8-5-3-2-4-6-8/h2-6,9H,1H3/t9-/m1/s1. The minimum Gasteiger partial charge on any atom is -0.362 e. The fourth-order valence-electron chi connectivity index (χ4n) is 0.891. The molecular weight excluding hydrogens is 138 g/mol. The Balaban J connectivity index is 2.85. The first-order valence-corrected chi connectivity index (χ1v) is 3.36. The van der Waals surface area contributed by atoms with Crippen LogP contribution in [0.4, 0.5) is 0 Å². The van der Waals surface area contributed by atoms with Crippen molar-refractivity contribution in [1.29, 1.82) is 5.26 Å². The van der Waals surface area contributed by atoms with Gasteiger partial charge in [-0.3, -0.25) is 0 Å². The molecule has 1 atom stereocenters. The van der Waals surface area contributed by atoms with E-state index in [-0.39, 0.29) is 0 Å². The van der Waals surface area contributed by atoms with Gasteiger partial charge in [-0.1, -0.05) is 30.3 Å². The van der Waals surface area contributed by atoms with Crippen LogP contribution in [-0.4, -0.2) is 7.11 Å². The first-order chi connectivity index (χ1) is 5.38. The molecule has 1 aromatic carbocycles. The monoisotopic (exact) mass is 147 g/mol. The first kappa shape index (κ1) is 7.77. The Morgan fingerprint density at radius 3 is 2.45 bits per heavy atom. The normalized spacial score (nSPS) is 12.0. The van der Waals surface area contributed by atoms with Gasteiger partial charge in [0.25, 0.3) is 0 Å². The molecule has 0 heterocycles. The molecule has 0 spiro atoms. The van der Waals surface area contributed by atoms with Crippen molar-refractivity contribution in [2.45, 2.75) is 6.10 Å². The number of benzene rings is 1. The van der Waals surface area contributed by atoms with Crippen LogP contribution in [-0.2, 0) is 4.74 Å². The molecule has 0 aromatic heterocycles. The Labute approximate surface area is 66.0 Å². The predicted molar refractivity (Wildman–Crippen MR) is 41.8 cm³/mol. The Morgan fingerprint density at radius 2 is 2.00 bits per heavy atom. The van der Waals surface area contributed by atoms with E-state index in [1.54, 1.807) is 0 Å². The molecule has 0 saturated carbocycles. The summed E-state index contributed by atoms with van der Waals surface area (Å²) in [6, 6.07) is 11.5. The van der Waals surface area contributed by atoms with Gasteiger partial charge in [0, 0.05) is 7.11 Å². The van der Waals surface area contributed by atoms with Crippen molar-refractivity contribution in [2.24, 2.45) is 0 Å². The van der Waals surface area contributed by atoms with Gasteiger partial charge in [-0.2, -0.15) is 5.26 Å². The maximum absolute atomic E-state index is 8.60. The van der Waals surface area contributed by atoms with Crippen LogP contribution in [0.3, 0.4) is 0 Å². The number of nitrogens with zero attached hydrogens (tertiary/aromatic N) is 1. The second-order valence-electron chi connectivity index (χ2n) is 2.16. The molecule has 0 aliphatic heterocycles. The van der Waals surface area contributed by atoms with E-state index in [0.717, 1.165) is 5.56 Å². The van der Waals surface area contributed by atoms with Gasteiger partial charge in [-0.05, 0) is 5.56 Å². The lowest BCUT2D eigenvalue weighted by molar-refractivity contribution is 0.148. The van der Waals surface area contributed by atoms with Gasteiger partial charge in [0.1, 0.15) is 0 Å². The maximum Gasteiger partial charge on any atom is 0.168 e. The van der Waals surface area contributed by atoms with Crippen molar-refractivity contribution >= 4 is 0 Å². The van der Waals surface area contributed by atoms with Gasteiger partial charge < -0.3 is 4.74 Å². The highest BCUT2D eigenvalue weighted by Crippen LogP contribution is 2.13. The van der Waals surface area contributed by atoms with E-state index in [4.69, 9.17) is 10.00 Å². The van der Waals surface area contributed by atoms with E-state index in [1.165, 1.54) is 7.11 Å². The highest BCUT2D eigenvalue weighted by atomic mass is 16.5. The second kappa shape index (κ2) is 3.75. The van der Waals surface area contributed by atoms with Gasteiger partial charge in [0.2, 0.25) is 0 Å². The van der Waals surface area contributed by atoms with Crippen LogP contribution in [0.2, 0.25) is 0 Å². The molecule has 2 nitrogen and oxygen atoms in total. The number of nitriles is 1. The highest BCUT2D eigenvalue weighted by molar-refractivity contribution is 5.21. The third kappa shape index (κ3) is 1.79. The molecule has 0 saturated heterocycles. The van der Waals surface area contributed by atoms with Crippen LogP contribution in [0.15, 0.2) is 30.3 Å². The fourth-order valence-corrected chi connectivity index (χ4v) is 0.891. The van der Waals surface area contributed by atoms with Crippen LogP contribution < -0.4 is 0 Å². The lowest BCUT2D eigenvalue weighted by atomic mass is 10.1. The average molecular weight is 147 g/mol. The molecule has 0 N–H and O–H groups in total. The molecule has 0 aliphatic rings. The van der Waals surface area contributed by atoms with E-state index in [2.05, 4.69) is 0 Å². The van der Waals surface area contributed by atoms with Crippen molar-refractivity contribution in [3.63, 3.8) is 0 Å². The Hall–Kier alpha value is -1.33. The van der Waals surface area contributed by atoms with Gasteiger partial charge >= 0.3 is 0 Å². The number of rotatable bonds is 2. The van der Waals surface area contributed by atoms with Crippen molar-refractivity contribution in [3.8, 4) is 6.07 Å². The van der Waals surface area contributed by atoms with E-state index < -0.39 is 6.10 Å². The van der Waals surface area contributed by atoms with Gasteiger partial charge in [0.15, 0.2) is 6.10 Å². The van der Waals surface area contributed by atoms with Crippen molar-refractivity contribution in [2.75, 3.05) is 7.11 Å². The van der Waals surface area contributed by atoms with Gasteiger partial charge in [0.05, 0.1) is 6.07 Å². The first-order valence-electron chi connectivity index (χ1n) is 3.36. The van der Waals surface area contributed by atoms with Crippen LogP contribution in [0.25, 0.3) is 0 Å². The van der Waals surface area contributed by atoms with Crippen LogP contribution in [0.5, 0.6) is 0 Å². The lowest BCUT2D eigenvalue weighted by Crippen LogP contribution is -1.96. The topological polar surface area (TPSA) is 33.0 Å². The third-order valence-electron chi connectivity index (χ3n) is 1.46. The van der Waals surface area contributed by atoms with Gasteiger partial charge in [-0.25, -0.2) is 0 Å². The van der Waals surface area contributed by atoms with Crippen LogP contribution >= 0.6 is 0 Å². The summed E-state index contributed by atoms with van der Waals surface area (Å²) in [5.74, 6) is 0. The minimum absolute atomic E-state index is 0.434. The smallest absolute Gasteiger partial charge is 0.168 e. The molecule has 11 heavy (non-hydrogen) atoms. The highest BCUT2D eigenvalue weighted by Gasteiger charge is 2.05. The number of hydrogen-bond acceptors (Lipinski definition) is 2. The van der Waals surface area contributed by atoms with E-state index >= 15 is 0 Å². The maximum atomic E-state index is 8.60. The third-order valence-corrected chi connectivity index (χ3v) is 1.46. The summed E-state index contributed by atoms with van der Waals surface area (Å²) in [6.45, 7) is 0. The van der Waals surface area contributed by atoms with E-state index in [1.807, 2.05) is 36.4 Å². The molecule has 1 rings (SSSR count). The quantitative estimate of drug-likeness (QED) is 0.640. The second-order valence-corrected chi connectivity index (χ2v) is 2.16. The predicted octanol–water partition coefficient (Wildman–Crippen LogP) is 1.90. The zero-order valence-electron chi connectivity index (χ0n) is 6.32. The summed E-state index contributed by atoms with van der Waals surface area (Å²) in [6.07, 6.45) is -0.434. The number of methoxy groups -OCH3 is 1. The molecule has 0 radical (unpaired) electrons. The summed E-state index contributed by atoms with van der Waals surface area (Å²) in [7, 11) is 1.53. The Morgan fingerprint density at radius 1 is 1.36 bits per heavy atom. The fraction of sp³-hybridized carbons (Fsp3) is 0.222. The molecule has 0 fully saturated rings. The lowest BCUT2D eigenvalue weighted by Gasteiger charge is -2.05. The molecule has 1 aromatic rings. The zero-order chi connectivity index (χ0) is 8.10. The average Bonchev–Trinajstić information content (AvgIpc) is 2.09. The number of hydrogen-bond donors (Lipinski definition) is 0. The summed E-state index contributed by atoms with van der Waals surface area (Å²) in [5.41, 5.74) is 0.900. The summed E-state index contributed by atoms with van der Waals surface area (Å²) in [4.78, 5) is 0. The van der Waals surface area contributed by atoms with Crippen molar-refractivity contribution < 1.29 is 4.74 Å². The van der Waals surface area contributed by atoms with Crippen molar-refractivity contribution in [3.05, 3.63) is 35.9 Å². The molecule has 56 valence electrons.